The zero-order valence-electron chi connectivity index (χ0n) is 8.65. The van der Waals surface area contributed by atoms with Gasteiger partial charge >= 0.3 is 0 Å². The highest BCUT2D eigenvalue weighted by molar-refractivity contribution is 6.18. The van der Waals surface area contributed by atoms with Crippen molar-refractivity contribution in [1.29, 1.82) is 0 Å². The maximum absolute atomic E-state index is 6.06. The Balaban J connectivity index is 2.29. The summed E-state index contributed by atoms with van der Waals surface area (Å²) in [6.07, 6.45) is 7.62. The van der Waals surface area contributed by atoms with E-state index in [0.717, 1.165) is 19.1 Å². The molecule has 0 radical (unpaired) electrons. The van der Waals surface area contributed by atoms with Gasteiger partial charge in [-0.3, -0.25) is 0 Å². The van der Waals surface area contributed by atoms with Crippen molar-refractivity contribution in [3.8, 4) is 0 Å². The van der Waals surface area contributed by atoms with E-state index in [-0.39, 0.29) is 0 Å². The predicted octanol–water partition coefficient (Wildman–Crippen LogP) is 3.60. The molecule has 0 saturated carbocycles. The smallest absolute Gasteiger partial charge is 0.0471 e. The molecule has 0 spiro atoms. The first-order valence-corrected chi connectivity index (χ1v) is 6.00. The molecular formula is C11H21ClO. The number of halogens is 1. The second kappa shape index (κ2) is 5.87. The summed E-state index contributed by atoms with van der Waals surface area (Å²) in [6.45, 7) is 4.08. The van der Waals surface area contributed by atoms with Crippen molar-refractivity contribution in [1.82, 2.24) is 0 Å². The molecule has 0 aliphatic carbocycles. The van der Waals surface area contributed by atoms with Crippen molar-refractivity contribution in [2.45, 2.75) is 45.4 Å². The molecule has 0 aromatic carbocycles. The van der Waals surface area contributed by atoms with Gasteiger partial charge in [-0.05, 0) is 24.7 Å². The third-order valence-electron chi connectivity index (χ3n) is 3.15. The molecule has 0 bridgehead atoms. The zero-order valence-corrected chi connectivity index (χ0v) is 9.41. The maximum Gasteiger partial charge on any atom is 0.0471 e. The Kier molecular flexibility index (Phi) is 5.12. The zero-order chi connectivity index (χ0) is 9.57. The summed E-state index contributed by atoms with van der Waals surface area (Å²) < 4.78 is 5.37. The average Bonchev–Trinajstić information content (AvgIpc) is 2.20. The molecule has 1 fully saturated rings. The average molecular weight is 205 g/mol. The van der Waals surface area contributed by atoms with E-state index in [9.17, 15) is 0 Å². The molecule has 2 heteroatoms. The fraction of sp³-hybridized carbons (Fsp3) is 1.00. The van der Waals surface area contributed by atoms with Crippen molar-refractivity contribution in [3.05, 3.63) is 0 Å². The second-order valence-electron chi connectivity index (χ2n) is 4.20. The predicted molar refractivity (Wildman–Crippen MR) is 57.3 cm³/mol. The van der Waals surface area contributed by atoms with Gasteiger partial charge in [0.1, 0.15) is 0 Å². The first-order valence-electron chi connectivity index (χ1n) is 5.47. The summed E-state index contributed by atoms with van der Waals surface area (Å²) in [7, 11) is 0. The summed E-state index contributed by atoms with van der Waals surface area (Å²) in [4.78, 5) is 0. The molecule has 0 atom stereocenters. The van der Waals surface area contributed by atoms with Gasteiger partial charge in [-0.2, -0.15) is 0 Å². The Morgan fingerprint density at radius 1 is 1.23 bits per heavy atom. The standard InChI is InChI=1S/C11H21ClO/c1-2-3-4-5-11(10-12)6-8-13-9-7-11/h2-10H2,1H3. The Morgan fingerprint density at radius 3 is 2.46 bits per heavy atom. The molecule has 1 aliphatic rings. The Bertz CT molecular complexity index is 130. The van der Waals surface area contributed by atoms with Gasteiger partial charge in [-0.1, -0.05) is 26.2 Å². The molecule has 13 heavy (non-hydrogen) atoms. The number of hydrogen-bond donors (Lipinski definition) is 0. The van der Waals surface area contributed by atoms with E-state index in [1.54, 1.807) is 0 Å². The van der Waals surface area contributed by atoms with E-state index < -0.39 is 0 Å². The Morgan fingerprint density at radius 2 is 1.92 bits per heavy atom. The number of hydrogen-bond acceptors (Lipinski definition) is 1. The van der Waals surface area contributed by atoms with Gasteiger partial charge in [-0.25, -0.2) is 0 Å². The Labute approximate surface area is 86.8 Å². The van der Waals surface area contributed by atoms with Crippen molar-refractivity contribution in [2.75, 3.05) is 19.1 Å². The lowest BCUT2D eigenvalue weighted by Gasteiger charge is -2.35. The first kappa shape index (κ1) is 11.3. The molecule has 1 heterocycles. The summed E-state index contributed by atoms with van der Waals surface area (Å²) in [5.41, 5.74) is 0.412. The van der Waals surface area contributed by atoms with E-state index in [4.69, 9.17) is 16.3 Å². The lowest BCUT2D eigenvalue weighted by Crippen LogP contribution is -2.31. The molecule has 1 rings (SSSR count). The molecule has 78 valence electrons. The molecule has 0 aromatic heterocycles. The van der Waals surface area contributed by atoms with E-state index in [0.29, 0.717) is 5.41 Å². The lowest BCUT2D eigenvalue weighted by atomic mass is 9.78. The minimum atomic E-state index is 0.412. The molecule has 0 unspecified atom stereocenters. The van der Waals surface area contributed by atoms with Gasteiger partial charge in [0, 0.05) is 19.1 Å². The van der Waals surface area contributed by atoms with Crippen LogP contribution in [-0.4, -0.2) is 19.1 Å². The number of unbranched alkanes of at least 4 members (excludes halogenated alkanes) is 2. The Hall–Kier alpha value is 0.250. The van der Waals surface area contributed by atoms with Crippen LogP contribution in [0, 0.1) is 5.41 Å². The van der Waals surface area contributed by atoms with Gasteiger partial charge in [0.25, 0.3) is 0 Å². The van der Waals surface area contributed by atoms with Crippen LogP contribution in [0.2, 0.25) is 0 Å². The summed E-state index contributed by atoms with van der Waals surface area (Å²) in [5, 5.41) is 0. The van der Waals surface area contributed by atoms with Crippen LogP contribution in [0.4, 0.5) is 0 Å². The van der Waals surface area contributed by atoms with Crippen LogP contribution in [0.5, 0.6) is 0 Å². The van der Waals surface area contributed by atoms with Crippen molar-refractivity contribution in [2.24, 2.45) is 5.41 Å². The first-order chi connectivity index (χ1) is 6.33. The monoisotopic (exact) mass is 204 g/mol. The highest BCUT2D eigenvalue weighted by Gasteiger charge is 2.30. The van der Waals surface area contributed by atoms with E-state index in [1.807, 2.05) is 0 Å². The fourth-order valence-corrected chi connectivity index (χ4v) is 2.41. The molecule has 1 nitrogen and oxygen atoms in total. The second-order valence-corrected chi connectivity index (χ2v) is 4.47. The fourth-order valence-electron chi connectivity index (χ4n) is 2.00. The highest BCUT2D eigenvalue weighted by atomic mass is 35.5. The van der Waals surface area contributed by atoms with Gasteiger partial charge < -0.3 is 4.74 Å². The van der Waals surface area contributed by atoms with Crippen LogP contribution in [0.25, 0.3) is 0 Å². The minimum Gasteiger partial charge on any atom is -0.381 e. The minimum absolute atomic E-state index is 0.412. The lowest BCUT2D eigenvalue weighted by molar-refractivity contribution is 0.0204. The quantitative estimate of drug-likeness (QED) is 0.491. The highest BCUT2D eigenvalue weighted by Crippen LogP contribution is 2.36. The van der Waals surface area contributed by atoms with E-state index in [1.165, 1.54) is 38.5 Å². The normalized spacial score (nSPS) is 21.7. The third kappa shape index (κ3) is 3.47. The molecule has 1 aliphatic heterocycles. The van der Waals surface area contributed by atoms with Crippen LogP contribution in [0.1, 0.15) is 45.4 Å². The van der Waals surface area contributed by atoms with Gasteiger partial charge in [0.05, 0.1) is 0 Å². The van der Waals surface area contributed by atoms with Crippen molar-refractivity contribution in [3.63, 3.8) is 0 Å². The van der Waals surface area contributed by atoms with Gasteiger partial charge in [-0.15, -0.1) is 11.6 Å². The van der Waals surface area contributed by atoms with Crippen LogP contribution in [-0.2, 0) is 4.74 Å². The van der Waals surface area contributed by atoms with Crippen molar-refractivity contribution >= 4 is 11.6 Å². The van der Waals surface area contributed by atoms with Crippen molar-refractivity contribution < 1.29 is 4.74 Å². The largest absolute Gasteiger partial charge is 0.381 e. The molecule has 1 saturated heterocycles. The van der Waals surface area contributed by atoms with E-state index >= 15 is 0 Å². The topological polar surface area (TPSA) is 9.23 Å². The molecule has 0 N–H and O–H groups in total. The number of alkyl halides is 1. The summed E-state index contributed by atoms with van der Waals surface area (Å²) in [5.74, 6) is 0.820. The number of rotatable bonds is 5. The van der Waals surface area contributed by atoms with Crippen LogP contribution in [0.3, 0.4) is 0 Å². The van der Waals surface area contributed by atoms with Crippen LogP contribution >= 0.6 is 11.6 Å². The molecule has 0 amide bonds. The third-order valence-corrected chi connectivity index (χ3v) is 3.71. The van der Waals surface area contributed by atoms with E-state index in [2.05, 4.69) is 6.92 Å². The summed E-state index contributed by atoms with van der Waals surface area (Å²) in [6, 6.07) is 0. The van der Waals surface area contributed by atoms with Crippen LogP contribution < -0.4 is 0 Å². The summed E-state index contributed by atoms with van der Waals surface area (Å²) >= 11 is 6.06. The maximum atomic E-state index is 6.06. The molecule has 0 aromatic rings. The SMILES string of the molecule is CCCCCC1(CCl)CCOCC1. The number of ether oxygens (including phenoxy) is 1. The van der Waals surface area contributed by atoms with Gasteiger partial charge in [0.2, 0.25) is 0 Å². The molecular weight excluding hydrogens is 184 g/mol. The van der Waals surface area contributed by atoms with Gasteiger partial charge in [0.15, 0.2) is 0 Å². The van der Waals surface area contributed by atoms with Crippen LogP contribution in [0.15, 0.2) is 0 Å².